The summed E-state index contributed by atoms with van der Waals surface area (Å²) in [6.07, 6.45) is 0.943. The number of carbonyl (C=O) groups excluding carboxylic acids is 1. The lowest BCUT2D eigenvalue weighted by molar-refractivity contribution is 0.0942. The fraction of sp³-hybridized carbons (Fsp3) is 0.320. The number of benzene rings is 2. The van der Waals surface area contributed by atoms with Gasteiger partial charge in [0.15, 0.2) is 0 Å². The summed E-state index contributed by atoms with van der Waals surface area (Å²) >= 11 is 0. The van der Waals surface area contributed by atoms with E-state index < -0.39 is 0 Å². The molecule has 0 saturated carbocycles. The number of amides is 1. The fourth-order valence-electron chi connectivity index (χ4n) is 4.19. The summed E-state index contributed by atoms with van der Waals surface area (Å²) in [5.41, 5.74) is 5.42. The maximum absolute atomic E-state index is 12.9. The Balaban J connectivity index is 1.43. The SMILES string of the molecule is COc1cc(CNC(=O)c2cc3c(n2C)CCN(Cc2ccccc2)C3)cc(OC)c1. The Hall–Kier alpha value is -3.25. The number of nitrogens with zero attached hydrogens (tertiary/aromatic N) is 2. The minimum Gasteiger partial charge on any atom is -0.497 e. The quantitative estimate of drug-likeness (QED) is 0.637. The molecule has 1 aromatic heterocycles. The lowest BCUT2D eigenvalue weighted by Gasteiger charge is -2.27. The zero-order chi connectivity index (χ0) is 21.8. The molecule has 0 saturated heterocycles. The van der Waals surface area contributed by atoms with Crippen molar-refractivity contribution in [1.82, 2.24) is 14.8 Å². The minimum atomic E-state index is -0.0757. The Bertz CT molecular complexity index is 1040. The van der Waals surface area contributed by atoms with Crippen molar-refractivity contribution in [1.29, 1.82) is 0 Å². The Morgan fingerprint density at radius 2 is 1.71 bits per heavy atom. The summed E-state index contributed by atoms with van der Waals surface area (Å²) in [6, 6.07) is 18.2. The van der Waals surface area contributed by atoms with Crippen LogP contribution in [0, 0.1) is 0 Å². The Labute approximate surface area is 183 Å². The molecule has 1 aliphatic rings. The largest absolute Gasteiger partial charge is 0.497 e. The van der Waals surface area contributed by atoms with Gasteiger partial charge in [-0.25, -0.2) is 0 Å². The highest BCUT2D eigenvalue weighted by atomic mass is 16.5. The second kappa shape index (κ2) is 9.27. The van der Waals surface area contributed by atoms with Crippen molar-refractivity contribution in [3.8, 4) is 11.5 Å². The molecule has 3 aromatic rings. The van der Waals surface area contributed by atoms with Gasteiger partial charge in [-0.1, -0.05) is 30.3 Å². The zero-order valence-electron chi connectivity index (χ0n) is 18.4. The normalized spacial score (nSPS) is 13.5. The van der Waals surface area contributed by atoms with Crippen LogP contribution in [0.5, 0.6) is 11.5 Å². The number of methoxy groups -OCH3 is 2. The van der Waals surface area contributed by atoms with Gasteiger partial charge in [0, 0.05) is 51.4 Å². The van der Waals surface area contributed by atoms with Crippen LogP contribution in [0.3, 0.4) is 0 Å². The number of ether oxygens (including phenoxy) is 2. The second-order valence-electron chi connectivity index (χ2n) is 7.91. The van der Waals surface area contributed by atoms with E-state index in [2.05, 4.69) is 34.5 Å². The van der Waals surface area contributed by atoms with E-state index >= 15 is 0 Å². The molecular formula is C25H29N3O3. The maximum Gasteiger partial charge on any atom is 0.268 e. The molecule has 0 aliphatic carbocycles. The van der Waals surface area contributed by atoms with Crippen LogP contribution < -0.4 is 14.8 Å². The summed E-state index contributed by atoms with van der Waals surface area (Å²) in [6.45, 7) is 3.18. The van der Waals surface area contributed by atoms with Crippen molar-refractivity contribution in [2.24, 2.45) is 7.05 Å². The van der Waals surface area contributed by atoms with E-state index in [1.807, 2.05) is 41.9 Å². The van der Waals surface area contributed by atoms with Crippen LogP contribution in [0.15, 0.2) is 54.6 Å². The summed E-state index contributed by atoms with van der Waals surface area (Å²) in [5, 5.41) is 3.03. The minimum absolute atomic E-state index is 0.0757. The molecule has 1 amide bonds. The van der Waals surface area contributed by atoms with Crippen LogP contribution >= 0.6 is 0 Å². The molecule has 1 aliphatic heterocycles. The van der Waals surface area contributed by atoms with Crippen LogP contribution in [0.2, 0.25) is 0 Å². The summed E-state index contributed by atoms with van der Waals surface area (Å²) in [4.78, 5) is 15.4. The molecule has 1 N–H and O–H groups in total. The molecule has 6 heteroatoms. The van der Waals surface area contributed by atoms with Gasteiger partial charge in [-0.2, -0.15) is 0 Å². The highest BCUT2D eigenvalue weighted by Gasteiger charge is 2.23. The van der Waals surface area contributed by atoms with Crippen molar-refractivity contribution in [3.05, 3.63) is 82.7 Å². The van der Waals surface area contributed by atoms with E-state index in [0.29, 0.717) is 23.7 Å². The van der Waals surface area contributed by atoms with Gasteiger partial charge in [-0.05, 0) is 34.9 Å². The molecule has 4 rings (SSSR count). The predicted octanol–water partition coefficient (Wildman–Crippen LogP) is 3.53. The number of fused-ring (bicyclic) bond motifs is 1. The van der Waals surface area contributed by atoms with E-state index in [1.165, 1.54) is 16.8 Å². The summed E-state index contributed by atoms with van der Waals surface area (Å²) in [7, 11) is 5.22. The number of aromatic nitrogens is 1. The predicted molar refractivity (Wildman–Crippen MR) is 120 cm³/mol. The molecule has 0 radical (unpaired) electrons. The standard InChI is InChI=1S/C25H29N3O3/c1-27-23-9-10-28(16-18-7-5-4-6-8-18)17-20(23)13-24(27)25(29)26-15-19-11-21(30-2)14-22(12-19)31-3/h4-8,11-14H,9-10,15-17H2,1-3H3,(H,26,29). The molecule has 6 nitrogen and oxygen atoms in total. The zero-order valence-corrected chi connectivity index (χ0v) is 18.4. The lowest BCUT2D eigenvalue weighted by Crippen LogP contribution is -2.30. The number of rotatable bonds is 7. The third-order valence-electron chi connectivity index (χ3n) is 5.85. The van der Waals surface area contributed by atoms with Crippen molar-refractivity contribution in [2.75, 3.05) is 20.8 Å². The first-order valence-electron chi connectivity index (χ1n) is 10.5. The molecule has 0 spiro atoms. The van der Waals surface area contributed by atoms with Gasteiger partial charge in [-0.3, -0.25) is 9.69 Å². The Morgan fingerprint density at radius 1 is 1.00 bits per heavy atom. The van der Waals surface area contributed by atoms with Crippen LogP contribution in [0.25, 0.3) is 0 Å². The van der Waals surface area contributed by atoms with E-state index in [1.54, 1.807) is 14.2 Å². The van der Waals surface area contributed by atoms with Gasteiger partial charge in [0.1, 0.15) is 17.2 Å². The molecular weight excluding hydrogens is 390 g/mol. The first kappa shape index (κ1) is 21.0. The number of hydrogen-bond donors (Lipinski definition) is 1. The number of hydrogen-bond acceptors (Lipinski definition) is 4. The van der Waals surface area contributed by atoms with E-state index in [9.17, 15) is 4.79 Å². The van der Waals surface area contributed by atoms with Crippen molar-refractivity contribution < 1.29 is 14.3 Å². The molecule has 162 valence electrons. The summed E-state index contributed by atoms with van der Waals surface area (Å²) < 4.78 is 12.7. The van der Waals surface area contributed by atoms with Gasteiger partial charge < -0.3 is 19.4 Å². The lowest BCUT2D eigenvalue weighted by atomic mass is 10.1. The van der Waals surface area contributed by atoms with Gasteiger partial charge in [-0.15, -0.1) is 0 Å². The Morgan fingerprint density at radius 3 is 2.39 bits per heavy atom. The van der Waals surface area contributed by atoms with Crippen LogP contribution in [-0.4, -0.2) is 36.1 Å². The summed E-state index contributed by atoms with van der Waals surface area (Å²) in [5.74, 6) is 1.33. The van der Waals surface area contributed by atoms with Gasteiger partial charge in [0.2, 0.25) is 0 Å². The van der Waals surface area contributed by atoms with Crippen LogP contribution in [0.1, 0.15) is 32.9 Å². The van der Waals surface area contributed by atoms with Crippen molar-refractivity contribution in [2.45, 2.75) is 26.1 Å². The van der Waals surface area contributed by atoms with Gasteiger partial charge in [0.25, 0.3) is 5.91 Å². The highest BCUT2D eigenvalue weighted by Crippen LogP contribution is 2.25. The molecule has 0 atom stereocenters. The van der Waals surface area contributed by atoms with Gasteiger partial charge >= 0.3 is 0 Å². The van der Waals surface area contributed by atoms with Crippen molar-refractivity contribution >= 4 is 5.91 Å². The third kappa shape index (κ3) is 4.75. The van der Waals surface area contributed by atoms with Gasteiger partial charge in [0.05, 0.1) is 14.2 Å². The first-order valence-corrected chi connectivity index (χ1v) is 10.5. The second-order valence-corrected chi connectivity index (χ2v) is 7.91. The Kier molecular flexibility index (Phi) is 6.28. The number of nitrogens with one attached hydrogen (secondary N) is 1. The average molecular weight is 420 g/mol. The molecule has 2 aromatic carbocycles. The first-order chi connectivity index (χ1) is 15.1. The smallest absolute Gasteiger partial charge is 0.268 e. The monoisotopic (exact) mass is 419 g/mol. The maximum atomic E-state index is 12.9. The number of carbonyl (C=O) groups is 1. The molecule has 0 fully saturated rings. The molecule has 2 heterocycles. The molecule has 31 heavy (non-hydrogen) atoms. The highest BCUT2D eigenvalue weighted by molar-refractivity contribution is 5.93. The topological polar surface area (TPSA) is 55.7 Å². The van der Waals surface area contributed by atoms with Crippen LogP contribution in [-0.2, 0) is 33.1 Å². The van der Waals surface area contributed by atoms with E-state index in [4.69, 9.17) is 9.47 Å². The average Bonchev–Trinajstić information content (AvgIpc) is 3.13. The van der Waals surface area contributed by atoms with Crippen LogP contribution in [0.4, 0.5) is 0 Å². The fourth-order valence-corrected chi connectivity index (χ4v) is 4.19. The van der Waals surface area contributed by atoms with E-state index in [0.717, 1.165) is 31.6 Å². The third-order valence-corrected chi connectivity index (χ3v) is 5.85. The van der Waals surface area contributed by atoms with Crippen molar-refractivity contribution in [3.63, 3.8) is 0 Å². The molecule has 0 unspecified atom stereocenters. The molecule has 0 bridgehead atoms. The van der Waals surface area contributed by atoms with E-state index in [-0.39, 0.29) is 5.91 Å².